The molecule has 6 rings (SSSR count). The number of hydrogen-bond donors (Lipinski definition) is 1. The molecule has 9 nitrogen and oxygen atoms in total. The Hall–Kier alpha value is -2.30. The van der Waals surface area contributed by atoms with E-state index in [2.05, 4.69) is 5.16 Å². The zero-order chi connectivity index (χ0) is 29.2. The quantitative estimate of drug-likeness (QED) is 0.525. The Morgan fingerprint density at radius 1 is 1.02 bits per heavy atom. The Bertz CT molecular complexity index is 1140. The molecule has 2 saturated heterocycles. The van der Waals surface area contributed by atoms with Gasteiger partial charge in [-0.15, -0.1) is 0 Å². The molecule has 1 N–H and O–H groups in total. The van der Waals surface area contributed by atoms with E-state index >= 15 is 0 Å². The lowest BCUT2D eigenvalue weighted by Crippen LogP contribution is -2.65. The number of aromatic nitrogens is 2. The number of carbonyl (C=O) groups excluding carboxylic acids is 2. The SMILES string of the molecule is CC(C)(C)OC(=O)N1CC2(CCC2)[C@H](O)C[C@H]1C(=O)N1CCC(c2noc(C3CCC(F)(F)CC3)n2)(C2CC2)CC1. The van der Waals surface area contributed by atoms with Gasteiger partial charge in [-0.05, 0) is 78.1 Å². The highest BCUT2D eigenvalue weighted by Crippen LogP contribution is 2.53. The number of aliphatic hydroxyl groups is 1. The van der Waals surface area contributed by atoms with Gasteiger partial charge < -0.3 is 19.3 Å². The van der Waals surface area contributed by atoms with Crippen LogP contribution in [-0.4, -0.2) is 80.4 Å². The third-order valence-corrected chi connectivity index (χ3v) is 10.6. The van der Waals surface area contributed by atoms with Gasteiger partial charge in [0.1, 0.15) is 11.6 Å². The van der Waals surface area contributed by atoms with E-state index in [9.17, 15) is 23.5 Å². The van der Waals surface area contributed by atoms with Crippen molar-refractivity contribution in [2.45, 2.75) is 133 Å². The highest BCUT2D eigenvalue weighted by atomic mass is 19.3. The summed E-state index contributed by atoms with van der Waals surface area (Å²) in [5.74, 6) is -1.37. The van der Waals surface area contributed by atoms with Gasteiger partial charge in [0, 0.05) is 55.6 Å². The van der Waals surface area contributed by atoms with Crippen molar-refractivity contribution in [3.8, 4) is 0 Å². The minimum atomic E-state index is -2.61. The average molecular weight is 579 g/mol. The van der Waals surface area contributed by atoms with Crippen LogP contribution in [0.15, 0.2) is 4.52 Å². The van der Waals surface area contributed by atoms with Crippen LogP contribution in [0, 0.1) is 11.3 Å². The van der Waals surface area contributed by atoms with Gasteiger partial charge in [0.05, 0.1) is 6.10 Å². The molecule has 3 heterocycles. The highest BCUT2D eigenvalue weighted by molar-refractivity contribution is 5.86. The van der Waals surface area contributed by atoms with Crippen LogP contribution >= 0.6 is 0 Å². The second-order valence-corrected chi connectivity index (χ2v) is 14.4. The number of aliphatic hydroxyl groups excluding tert-OH is 1. The Kier molecular flexibility index (Phi) is 7.14. The Labute approximate surface area is 240 Å². The predicted octanol–water partition coefficient (Wildman–Crippen LogP) is 5.17. The highest BCUT2D eigenvalue weighted by Gasteiger charge is 2.56. The first-order chi connectivity index (χ1) is 19.3. The lowest BCUT2D eigenvalue weighted by atomic mass is 9.61. The maximum Gasteiger partial charge on any atom is 0.410 e. The molecule has 41 heavy (non-hydrogen) atoms. The fraction of sp³-hybridized carbons (Fsp3) is 0.867. The van der Waals surface area contributed by atoms with Crippen molar-refractivity contribution in [1.82, 2.24) is 19.9 Å². The molecule has 0 unspecified atom stereocenters. The number of carbonyl (C=O) groups is 2. The van der Waals surface area contributed by atoms with Crippen molar-refractivity contribution in [3.63, 3.8) is 0 Å². The second-order valence-electron chi connectivity index (χ2n) is 14.4. The maximum absolute atomic E-state index is 13.9. The summed E-state index contributed by atoms with van der Waals surface area (Å²) in [4.78, 5) is 35.4. The van der Waals surface area contributed by atoms with Gasteiger partial charge in [-0.1, -0.05) is 11.6 Å². The Morgan fingerprint density at radius 2 is 1.68 bits per heavy atom. The van der Waals surface area contributed by atoms with Crippen molar-refractivity contribution in [1.29, 1.82) is 0 Å². The standard InChI is InChI=1S/C30H44F2N4O5/c1-27(2,3)40-26(39)36-18-28(9-4-10-28)22(37)17-21(36)24(38)35-15-13-29(14-16-35,20-5-6-20)25-33-23(41-34-25)19-7-11-30(31,32)12-8-19/h19-22,37H,4-18H2,1-3H3/t21-,22+/m0/s1. The number of hydrogen-bond acceptors (Lipinski definition) is 7. The molecule has 0 bridgehead atoms. The molecule has 2 atom stereocenters. The second kappa shape index (κ2) is 10.2. The van der Waals surface area contributed by atoms with Crippen LogP contribution in [0.1, 0.15) is 115 Å². The lowest BCUT2D eigenvalue weighted by Gasteiger charge is -2.54. The first-order valence-corrected chi connectivity index (χ1v) is 15.5. The summed E-state index contributed by atoms with van der Waals surface area (Å²) in [7, 11) is 0. The third kappa shape index (κ3) is 5.47. The average Bonchev–Trinajstić information content (AvgIpc) is 3.63. The van der Waals surface area contributed by atoms with Gasteiger partial charge in [-0.3, -0.25) is 9.69 Å². The van der Waals surface area contributed by atoms with Crippen LogP contribution in [0.5, 0.6) is 0 Å². The molecule has 0 radical (unpaired) electrons. The summed E-state index contributed by atoms with van der Waals surface area (Å²) in [6, 6.07) is -0.763. The van der Waals surface area contributed by atoms with Gasteiger partial charge in [0.25, 0.3) is 0 Å². The van der Waals surface area contributed by atoms with Gasteiger partial charge in [-0.2, -0.15) is 4.98 Å². The summed E-state index contributed by atoms with van der Waals surface area (Å²) in [5, 5.41) is 15.4. The van der Waals surface area contributed by atoms with Crippen LogP contribution in [0.3, 0.4) is 0 Å². The molecule has 2 aliphatic heterocycles. The van der Waals surface area contributed by atoms with E-state index < -0.39 is 29.8 Å². The summed E-state index contributed by atoms with van der Waals surface area (Å²) in [5.41, 5.74) is -1.34. The van der Waals surface area contributed by atoms with Crippen LogP contribution < -0.4 is 0 Å². The molecule has 11 heteroatoms. The van der Waals surface area contributed by atoms with Gasteiger partial charge in [0.2, 0.25) is 17.7 Å². The number of ether oxygens (including phenoxy) is 1. The van der Waals surface area contributed by atoms with E-state index in [-0.39, 0.29) is 41.9 Å². The normalized spacial score (nSPS) is 29.7. The van der Waals surface area contributed by atoms with Crippen LogP contribution in [0.2, 0.25) is 0 Å². The smallest absolute Gasteiger partial charge is 0.410 e. The minimum Gasteiger partial charge on any atom is -0.444 e. The first-order valence-electron chi connectivity index (χ1n) is 15.5. The molecule has 1 aromatic rings. The van der Waals surface area contributed by atoms with Gasteiger partial charge >= 0.3 is 6.09 Å². The molecule has 1 aromatic heterocycles. The monoisotopic (exact) mass is 578 g/mol. The zero-order valence-corrected chi connectivity index (χ0v) is 24.5. The van der Waals surface area contributed by atoms with Gasteiger partial charge in [0.15, 0.2) is 5.82 Å². The molecule has 1 spiro atoms. The van der Waals surface area contributed by atoms with Crippen molar-refractivity contribution >= 4 is 12.0 Å². The molecule has 0 aromatic carbocycles. The van der Waals surface area contributed by atoms with E-state index in [4.69, 9.17) is 14.2 Å². The van der Waals surface area contributed by atoms with E-state index in [0.29, 0.717) is 63.0 Å². The molecule has 228 valence electrons. The van der Waals surface area contributed by atoms with Crippen molar-refractivity contribution in [2.75, 3.05) is 19.6 Å². The Balaban J connectivity index is 1.15. The number of likely N-dealkylation sites (tertiary alicyclic amines) is 2. The fourth-order valence-electron chi connectivity index (χ4n) is 7.69. The zero-order valence-electron chi connectivity index (χ0n) is 24.5. The van der Waals surface area contributed by atoms with Crippen LogP contribution in [0.25, 0.3) is 0 Å². The molecule has 2 amide bonds. The molecule has 5 aliphatic rings. The predicted molar refractivity (Wildman–Crippen MR) is 144 cm³/mol. The fourth-order valence-corrected chi connectivity index (χ4v) is 7.69. The first kappa shape index (κ1) is 28.8. The molecular weight excluding hydrogens is 534 g/mol. The van der Waals surface area contributed by atoms with E-state index in [1.807, 2.05) is 25.7 Å². The van der Waals surface area contributed by atoms with Crippen LogP contribution in [-0.2, 0) is 14.9 Å². The van der Waals surface area contributed by atoms with Crippen molar-refractivity contribution in [3.05, 3.63) is 11.7 Å². The number of amides is 2. The number of alkyl halides is 2. The summed E-state index contributed by atoms with van der Waals surface area (Å²) >= 11 is 0. The molecule has 3 saturated carbocycles. The summed E-state index contributed by atoms with van der Waals surface area (Å²) < 4.78 is 38.7. The number of nitrogens with zero attached hydrogens (tertiary/aromatic N) is 4. The minimum absolute atomic E-state index is 0.135. The van der Waals surface area contributed by atoms with Crippen molar-refractivity contribution < 1.29 is 32.7 Å². The number of halogens is 2. The lowest BCUT2D eigenvalue weighted by molar-refractivity contribution is -0.153. The molecular formula is C30H44F2N4O5. The Morgan fingerprint density at radius 3 is 2.24 bits per heavy atom. The topological polar surface area (TPSA) is 109 Å². The van der Waals surface area contributed by atoms with Gasteiger partial charge in [-0.25, -0.2) is 13.6 Å². The van der Waals surface area contributed by atoms with E-state index in [0.717, 1.165) is 32.1 Å². The van der Waals surface area contributed by atoms with E-state index in [1.165, 1.54) is 0 Å². The largest absolute Gasteiger partial charge is 0.444 e. The number of rotatable bonds is 4. The third-order valence-electron chi connectivity index (χ3n) is 10.6. The molecule has 3 aliphatic carbocycles. The number of piperidine rings is 2. The van der Waals surface area contributed by atoms with Crippen molar-refractivity contribution in [2.24, 2.45) is 11.3 Å². The maximum atomic E-state index is 13.9. The van der Waals surface area contributed by atoms with E-state index in [1.54, 1.807) is 4.90 Å². The van der Waals surface area contributed by atoms with Crippen LogP contribution in [0.4, 0.5) is 13.6 Å². The summed E-state index contributed by atoms with van der Waals surface area (Å²) in [6.07, 6.45) is 5.66. The molecule has 5 fully saturated rings. The summed E-state index contributed by atoms with van der Waals surface area (Å²) in [6.45, 7) is 6.76.